The van der Waals surface area contributed by atoms with Gasteiger partial charge in [0.05, 0.1) is 10.4 Å². The highest BCUT2D eigenvalue weighted by molar-refractivity contribution is 6.37. The first-order valence-electron chi connectivity index (χ1n) is 3.88. The smallest absolute Gasteiger partial charge is 0.258 e. The lowest BCUT2D eigenvalue weighted by molar-refractivity contribution is -0.384. The Morgan fingerprint density at radius 2 is 2.14 bits per heavy atom. The molecule has 0 aliphatic rings. The van der Waals surface area contributed by atoms with Gasteiger partial charge >= 0.3 is 0 Å². The molecule has 0 fully saturated rings. The van der Waals surface area contributed by atoms with Gasteiger partial charge < -0.3 is 0 Å². The lowest BCUT2D eigenvalue weighted by Crippen LogP contribution is -1.90. The molecular weight excluding hydrogens is 204 g/mol. The monoisotopic (exact) mass is 208 g/mol. The first-order valence-corrected chi connectivity index (χ1v) is 4.25. The molecule has 1 heterocycles. The molecule has 0 saturated heterocycles. The van der Waals surface area contributed by atoms with E-state index in [1.807, 2.05) is 0 Å². The van der Waals surface area contributed by atoms with Crippen LogP contribution in [0.25, 0.3) is 10.9 Å². The van der Waals surface area contributed by atoms with E-state index in [2.05, 4.69) is 4.98 Å². The number of nitro groups is 1. The van der Waals surface area contributed by atoms with Crippen LogP contribution in [0.1, 0.15) is 0 Å². The van der Waals surface area contributed by atoms with Gasteiger partial charge in [0, 0.05) is 17.6 Å². The highest BCUT2D eigenvalue weighted by Gasteiger charge is 2.14. The zero-order valence-electron chi connectivity index (χ0n) is 6.98. The number of rotatable bonds is 1. The molecule has 1 aromatic carbocycles. The zero-order chi connectivity index (χ0) is 10.1. The number of halogens is 1. The molecule has 0 unspecified atom stereocenters. The number of hydrogen-bond acceptors (Lipinski definition) is 3. The van der Waals surface area contributed by atoms with Crippen molar-refractivity contribution in [3.8, 4) is 0 Å². The van der Waals surface area contributed by atoms with E-state index in [4.69, 9.17) is 11.6 Å². The SMILES string of the molecule is O=[N+]([O-])c1ccc2cccnc2c1Cl. The van der Waals surface area contributed by atoms with Crippen molar-refractivity contribution in [2.24, 2.45) is 0 Å². The van der Waals surface area contributed by atoms with Crippen molar-refractivity contribution in [1.29, 1.82) is 0 Å². The van der Waals surface area contributed by atoms with E-state index in [1.54, 1.807) is 24.4 Å². The second kappa shape index (κ2) is 3.23. The van der Waals surface area contributed by atoms with Gasteiger partial charge in [0.25, 0.3) is 5.69 Å². The van der Waals surface area contributed by atoms with E-state index < -0.39 is 4.92 Å². The lowest BCUT2D eigenvalue weighted by atomic mass is 10.2. The quantitative estimate of drug-likeness (QED) is 0.535. The van der Waals surface area contributed by atoms with Gasteiger partial charge in [0.2, 0.25) is 0 Å². The molecule has 0 aliphatic carbocycles. The molecule has 0 spiro atoms. The molecule has 2 aromatic rings. The van der Waals surface area contributed by atoms with Gasteiger partial charge in [-0.15, -0.1) is 0 Å². The average Bonchev–Trinajstić information content (AvgIpc) is 2.18. The first kappa shape index (κ1) is 8.90. The van der Waals surface area contributed by atoms with Crippen LogP contribution in [0.15, 0.2) is 30.5 Å². The van der Waals surface area contributed by atoms with Crippen LogP contribution in [0.3, 0.4) is 0 Å². The molecule has 0 amide bonds. The Hall–Kier alpha value is -1.68. The summed E-state index contributed by atoms with van der Waals surface area (Å²) in [5.41, 5.74) is 0.348. The van der Waals surface area contributed by atoms with E-state index >= 15 is 0 Å². The zero-order valence-corrected chi connectivity index (χ0v) is 7.73. The van der Waals surface area contributed by atoms with Crippen molar-refractivity contribution in [2.75, 3.05) is 0 Å². The summed E-state index contributed by atoms with van der Waals surface area (Å²) in [5, 5.41) is 11.4. The van der Waals surface area contributed by atoms with Crippen molar-refractivity contribution >= 4 is 28.2 Å². The third kappa shape index (κ3) is 1.29. The first-order chi connectivity index (χ1) is 6.70. The van der Waals surface area contributed by atoms with Crippen molar-refractivity contribution in [3.63, 3.8) is 0 Å². The Kier molecular flexibility index (Phi) is 2.05. The van der Waals surface area contributed by atoms with Gasteiger partial charge in [-0.3, -0.25) is 15.1 Å². The largest absolute Gasteiger partial charge is 0.290 e. The number of nitrogens with zero attached hydrogens (tertiary/aromatic N) is 2. The molecule has 1 aromatic heterocycles. The van der Waals surface area contributed by atoms with E-state index in [0.29, 0.717) is 5.52 Å². The van der Waals surface area contributed by atoms with E-state index in [1.165, 1.54) is 6.07 Å². The van der Waals surface area contributed by atoms with E-state index in [0.717, 1.165) is 5.39 Å². The Labute approximate surface area is 84.3 Å². The molecule has 4 nitrogen and oxygen atoms in total. The van der Waals surface area contributed by atoms with Crippen molar-refractivity contribution in [2.45, 2.75) is 0 Å². The maximum atomic E-state index is 10.6. The molecule has 0 aliphatic heterocycles. The fraction of sp³-hybridized carbons (Fsp3) is 0. The normalized spacial score (nSPS) is 10.4. The maximum absolute atomic E-state index is 10.6. The van der Waals surface area contributed by atoms with Crippen LogP contribution in [0, 0.1) is 10.1 Å². The Balaban J connectivity index is 2.81. The summed E-state index contributed by atoms with van der Waals surface area (Å²) >= 11 is 5.83. The number of pyridine rings is 1. The second-order valence-electron chi connectivity index (χ2n) is 2.73. The van der Waals surface area contributed by atoms with Crippen LogP contribution in [0.5, 0.6) is 0 Å². The summed E-state index contributed by atoms with van der Waals surface area (Å²) in [4.78, 5) is 14.0. The lowest BCUT2D eigenvalue weighted by Gasteiger charge is -1.99. The minimum Gasteiger partial charge on any atom is -0.258 e. The number of benzene rings is 1. The predicted molar refractivity (Wildman–Crippen MR) is 53.4 cm³/mol. The van der Waals surface area contributed by atoms with Gasteiger partial charge in [-0.2, -0.15) is 0 Å². The van der Waals surface area contributed by atoms with Crippen molar-refractivity contribution < 1.29 is 4.92 Å². The summed E-state index contributed by atoms with van der Waals surface area (Å²) < 4.78 is 0. The van der Waals surface area contributed by atoms with Gasteiger partial charge in [-0.25, -0.2) is 0 Å². The molecule has 0 radical (unpaired) electrons. The van der Waals surface area contributed by atoms with Crippen molar-refractivity contribution in [3.05, 3.63) is 45.6 Å². The topological polar surface area (TPSA) is 56.0 Å². The molecule has 5 heteroatoms. The predicted octanol–water partition coefficient (Wildman–Crippen LogP) is 2.80. The fourth-order valence-electron chi connectivity index (χ4n) is 1.24. The molecular formula is C9H5ClN2O2. The van der Waals surface area contributed by atoms with E-state index in [9.17, 15) is 10.1 Å². The molecule has 70 valence electrons. The fourth-order valence-corrected chi connectivity index (χ4v) is 1.53. The second-order valence-corrected chi connectivity index (χ2v) is 3.11. The van der Waals surface area contributed by atoms with Crippen LogP contribution in [-0.2, 0) is 0 Å². The van der Waals surface area contributed by atoms with Crippen LogP contribution >= 0.6 is 11.6 Å². The van der Waals surface area contributed by atoms with E-state index in [-0.39, 0.29) is 10.7 Å². The van der Waals surface area contributed by atoms with Crippen LogP contribution in [0.4, 0.5) is 5.69 Å². The van der Waals surface area contributed by atoms with Crippen LogP contribution < -0.4 is 0 Å². The number of hydrogen-bond donors (Lipinski definition) is 0. The summed E-state index contributed by atoms with van der Waals surface area (Å²) in [6.45, 7) is 0. The third-order valence-electron chi connectivity index (χ3n) is 1.89. The molecule has 0 N–H and O–H groups in total. The van der Waals surface area contributed by atoms with Crippen molar-refractivity contribution in [1.82, 2.24) is 4.98 Å². The highest BCUT2D eigenvalue weighted by Crippen LogP contribution is 2.30. The minimum atomic E-state index is -0.517. The summed E-state index contributed by atoms with van der Waals surface area (Å²) in [5.74, 6) is 0. The Bertz CT molecular complexity index is 513. The van der Waals surface area contributed by atoms with Gasteiger partial charge in [-0.05, 0) is 12.1 Å². The average molecular weight is 209 g/mol. The minimum absolute atomic E-state index is 0.0908. The summed E-state index contributed by atoms with van der Waals surface area (Å²) in [6.07, 6.45) is 1.55. The Morgan fingerprint density at radius 3 is 2.86 bits per heavy atom. The number of fused-ring (bicyclic) bond motifs is 1. The summed E-state index contributed by atoms with van der Waals surface area (Å²) in [6, 6.07) is 6.57. The third-order valence-corrected chi connectivity index (χ3v) is 2.26. The van der Waals surface area contributed by atoms with Gasteiger partial charge in [0.1, 0.15) is 5.02 Å². The van der Waals surface area contributed by atoms with Gasteiger partial charge in [0.15, 0.2) is 0 Å². The Morgan fingerprint density at radius 1 is 1.36 bits per heavy atom. The van der Waals surface area contributed by atoms with Gasteiger partial charge in [-0.1, -0.05) is 17.7 Å². The van der Waals surface area contributed by atoms with Crippen LogP contribution in [-0.4, -0.2) is 9.91 Å². The number of aromatic nitrogens is 1. The molecule has 2 rings (SSSR count). The molecule has 0 bridgehead atoms. The molecule has 0 saturated carbocycles. The molecule has 14 heavy (non-hydrogen) atoms. The standard InChI is InChI=1S/C9H5ClN2O2/c10-8-7(12(13)14)4-3-6-2-1-5-11-9(6)8/h1-5H. The highest BCUT2D eigenvalue weighted by atomic mass is 35.5. The van der Waals surface area contributed by atoms with Crippen LogP contribution in [0.2, 0.25) is 5.02 Å². The number of nitro benzene ring substituents is 1. The summed E-state index contributed by atoms with van der Waals surface area (Å²) in [7, 11) is 0. The maximum Gasteiger partial charge on any atom is 0.290 e. The molecule has 0 atom stereocenters.